The van der Waals surface area contributed by atoms with Crippen molar-refractivity contribution in [2.75, 3.05) is 36.6 Å². The van der Waals surface area contributed by atoms with Gasteiger partial charge in [-0.05, 0) is 30.0 Å². The molecule has 3 rings (SSSR count). The van der Waals surface area contributed by atoms with Gasteiger partial charge in [0.15, 0.2) is 9.84 Å². The molecule has 1 aromatic heterocycles. The average Bonchev–Trinajstić information content (AvgIpc) is 2.86. The molecule has 152 valence electrons. The minimum Gasteiger partial charge on any atom is -0.379 e. The molecule has 0 bridgehead atoms. The van der Waals surface area contributed by atoms with E-state index in [-0.39, 0.29) is 17.7 Å². The first kappa shape index (κ1) is 20.8. The molecule has 1 fully saturated rings. The van der Waals surface area contributed by atoms with Gasteiger partial charge in [0, 0.05) is 36.2 Å². The van der Waals surface area contributed by atoms with Crippen LogP contribution in [0.1, 0.15) is 36.2 Å². The zero-order chi connectivity index (χ0) is 20.3. The van der Waals surface area contributed by atoms with E-state index < -0.39 is 9.84 Å². The molecule has 0 aliphatic carbocycles. The van der Waals surface area contributed by atoms with Gasteiger partial charge in [0.1, 0.15) is 5.82 Å². The summed E-state index contributed by atoms with van der Waals surface area (Å²) in [5.74, 6) is 0.948. The van der Waals surface area contributed by atoms with Crippen molar-refractivity contribution < 1.29 is 13.2 Å². The number of nitrogens with two attached hydrogens (primary N) is 1. The first-order valence-corrected chi connectivity index (χ1v) is 11.6. The highest BCUT2D eigenvalue weighted by Crippen LogP contribution is 2.34. The Morgan fingerprint density at radius 1 is 1.32 bits per heavy atom. The molecule has 9 heteroatoms. The Labute approximate surface area is 170 Å². The number of ether oxygens (including phenoxy) is 1. The molecule has 1 atom stereocenters. The maximum absolute atomic E-state index is 11.6. The number of hydrogen-bond acceptors (Lipinski definition) is 7. The number of rotatable bonds is 5. The molecule has 0 saturated carbocycles. The maximum Gasteiger partial charge on any atom is 0.222 e. The lowest BCUT2D eigenvalue weighted by Gasteiger charge is -2.31. The second kappa shape index (κ2) is 8.63. The van der Waals surface area contributed by atoms with Crippen molar-refractivity contribution in [2.24, 2.45) is 0 Å². The molecule has 2 heterocycles. The molecule has 2 aromatic rings. The molecule has 0 radical (unpaired) electrons. The number of nitrogen functional groups attached to an aromatic ring is 1. The van der Waals surface area contributed by atoms with Crippen LogP contribution >= 0.6 is 11.6 Å². The Bertz CT molecular complexity index is 952. The number of aromatic nitrogens is 2. The van der Waals surface area contributed by atoms with Crippen molar-refractivity contribution in [3.05, 3.63) is 46.1 Å². The van der Waals surface area contributed by atoms with E-state index in [4.69, 9.17) is 22.1 Å². The first-order valence-electron chi connectivity index (χ1n) is 9.20. The van der Waals surface area contributed by atoms with Gasteiger partial charge in [0.05, 0.1) is 18.4 Å². The quantitative estimate of drug-likeness (QED) is 0.787. The van der Waals surface area contributed by atoms with Crippen LogP contribution in [0, 0.1) is 0 Å². The van der Waals surface area contributed by atoms with E-state index in [1.165, 1.54) is 6.26 Å². The molecule has 0 amide bonds. The summed E-state index contributed by atoms with van der Waals surface area (Å²) in [5.41, 5.74) is 8.32. The predicted molar refractivity (Wildman–Crippen MR) is 111 cm³/mol. The van der Waals surface area contributed by atoms with Crippen LogP contribution in [0.15, 0.2) is 24.3 Å². The van der Waals surface area contributed by atoms with E-state index in [0.29, 0.717) is 23.8 Å². The van der Waals surface area contributed by atoms with Gasteiger partial charge >= 0.3 is 0 Å². The van der Waals surface area contributed by atoms with Crippen molar-refractivity contribution in [1.82, 2.24) is 9.97 Å². The fourth-order valence-electron chi connectivity index (χ4n) is 3.37. The minimum atomic E-state index is -3.13. The van der Waals surface area contributed by atoms with E-state index in [2.05, 4.69) is 14.9 Å². The summed E-state index contributed by atoms with van der Waals surface area (Å²) in [6, 6.07) is 7.19. The lowest BCUT2D eigenvalue weighted by atomic mass is 10.0. The Kier molecular flexibility index (Phi) is 6.42. The van der Waals surface area contributed by atoms with Gasteiger partial charge in [-0.3, -0.25) is 0 Å². The molecule has 1 aromatic carbocycles. The van der Waals surface area contributed by atoms with E-state index >= 15 is 0 Å². The van der Waals surface area contributed by atoms with E-state index in [1.807, 2.05) is 19.1 Å². The standard InChI is InChI=1S/C19H25ClN4O3S/c1-3-14-10-18(23-19(21)22-14)24-7-4-8-27-11-17(24)15-6-5-13(9-16(15)20)12-28(2,25)26/h5-6,9-10,17H,3-4,7-8,11-12H2,1-2H3,(H2,21,22,23). The molecule has 0 spiro atoms. The predicted octanol–water partition coefficient (Wildman–Crippen LogP) is 2.79. The summed E-state index contributed by atoms with van der Waals surface area (Å²) in [4.78, 5) is 10.8. The van der Waals surface area contributed by atoms with Crippen molar-refractivity contribution in [2.45, 2.75) is 31.6 Å². The van der Waals surface area contributed by atoms with Crippen molar-refractivity contribution in [3.8, 4) is 0 Å². The van der Waals surface area contributed by atoms with Crippen LogP contribution in [-0.2, 0) is 26.7 Å². The molecule has 1 saturated heterocycles. The molecule has 7 nitrogen and oxygen atoms in total. The third kappa shape index (κ3) is 5.12. The summed E-state index contributed by atoms with van der Waals surface area (Å²) < 4.78 is 28.9. The van der Waals surface area contributed by atoms with Crippen LogP contribution in [0.2, 0.25) is 5.02 Å². The molecule has 2 N–H and O–H groups in total. The smallest absolute Gasteiger partial charge is 0.222 e. The molecular formula is C19H25ClN4O3S. The highest BCUT2D eigenvalue weighted by Gasteiger charge is 2.27. The maximum atomic E-state index is 11.6. The largest absolute Gasteiger partial charge is 0.379 e. The highest BCUT2D eigenvalue weighted by molar-refractivity contribution is 7.89. The Hall–Kier alpha value is -1.90. The summed E-state index contributed by atoms with van der Waals surface area (Å²) in [6.07, 6.45) is 2.82. The van der Waals surface area contributed by atoms with Crippen LogP contribution in [0.3, 0.4) is 0 Å². The fourth-order valence-corrected chi connectivity index (χ4v) is 4.49. The van der Waals surface area contributed by atoms with E-state index in [9.17, 15) is 8.42 Å². The zero-order valence-electron chi connectivity index (χ0n) is 16.1. The summed E-state index contributed by atoms with van der Waals surface area (Å²) >= 11 is 6.55. The third-order valence-electron chi connectivity index (χ3n) is 4.63. The van der Waals surface area contributed by atoms with Gasteiger partial charge in [0.2, 0.25) is 5.95 Å². The van der Waals surface area contributed by atoms with Gasteiger partial charge in [-0.25, -0.2) is 13.4 Å². The molecule has 1 unspecified atom stereocenters. The number of aryl methyl sites for hydroxylation is 1. The number of sulfone groups is 1. The van der Waals surface area contributed by atoms with Crippen LogP contribution in [0.5, 0.6) is 0 Å². The SMILES string of the molecule is CCc1cc(N2CCCOCC2c2ccc(CS(C)(=O)=O)cc2Cl)nc(N)n1. The van der Waals surface area contributed by atoms with Crippen LogP contribution in [0.25, 0.3) is 0 Å². The second-order valence-corrected chi connectivity index (χ2v) is 9.54. The van der Waals surface area contributed by atoms with E-state index in [0.717, 1.165) is 36.5 Å². The normalized spacial score (nSPS) is 18.1. The molecule has 28 heavy (non-hydrogen) atoms. The molecule has 1 aliphatic rings. The monoisotopic (exact) mass is 424 g/mol. The van der Waals surface area contributed by atoms with Crippen molar-refractivity contribution in [3.63, 3.8) is 0 Å². The van der Waals surface area contributed by atoms with Gasteiger partial charge in [-0.2, -0.15) is 4.98 Å². The van der Waals surface area contributed by atoms with Crippen LogP contribution < -0.4 is 10.6 Å². The highest BCUT2D eigenvalue weighted by atomic mass is 35.5. The molecular weight excluding hydrogens is 400 g/mol. The number of hydrogen-bond donors (Lipinski definition) is 1. The van der Waals surface area contributed by atoms with Crippen LogP contribution in [0.4, 0.5) is 11.8 Å². The van der Waals surface area contributed by atoms with Gasteiger partial charge < -0.3 is 15.4 Å². The lowest BCUT2D eigenvalue weighted by Crippen LogP contribution is -2.32. The number of benzene rings is 1. The average molecular weight is 425 g/mol. The van der Waals surface area contributed by atoms with Gasteiger partial charge in [-0.1, -0.05) is 30.7 Å². The number of anilines is 2. The minimum absolute atomic E-state index is 0.0415. The summed E-state index contributed by atoms with van der Waals surface area (Å²) in [6.45, 7) is 3.87. The number of halogens is 1. The summed E-state index contributed by atoms with van der Waals surface area (Å²) in [5, 5.41) is 0.513. The second-order valence-electron chi connectivity index (χ2n) is 6.99. The lowest BCUT2D eigenvalue weighted by molar-refractivity contribution is 0.134. The topological polar surface area (TPSA) is 98.4 Å². The summed E-state index contributed by atoms with van der Waals surface area (Å²) in [7, 11) is -3.13. The van der Waals surface area contributed by atoms with Crippen molar-refractivity contribution >= 4 is 33.2 Å². The van der Waals surface area contributed by atoms with Crippen molar-refractivity contribution in [1.29, 1.82) is 0 Å². The van der Waals surface area contributed by atoms with E-state index in [1.54, 1.807) is 12.1 Å². The van der Waals surface area contributed by atoms with Gasteiger partial charge in [0.25, 0.3) is 0 Å². The zero-order valence-corrected chi connectivity index (χ0v) is 17.6. The van der Waals surface area contributed by atoms with Gasteiger partial charge in [-0.15, -0.1) is 0 Å². The third-order valence-corrected chi connectivity index (χ3v) is 5.82. The van der Waals surface area contributed by atoms with Crippen LogP contribution in [-0.4, -0.2) is 44.4 Å². The Balaban J connectivity index is 1.99. The fraction of sp³-hybridized carbons (Fsp3) is 0.474. The Morgan fingerprint density at radius 2 is 2.11 bits per heavy atom. The number of nitrogens with zero attached hydrogens (tertiary/aromatic N) is 3. The first-order chi connectivity index (χ1) is 13.3. The Morgan fingerprint density at radius 3 is 2.79 bits per heavy atom. The molecule has 1 aliphatic heterocycles.